The van der Waals surface area contributed by atoms with E-state index in [0.717, 1.165) is 12.2 Å². The summed E-state index contributed by atoms with van der Waals surface area (Å²) in [4.78, 5) is 10.2. The summed E-state index contributed by atoms with van der Waals surface area (Å²) in [5.41, 5.74) is 0. The first-order chi connectivity index (χ1) is 7.97. The van der Waals surface area contributed by atoms with E-state index in [2.05, 4.69) is 35.6 Å². The lowest BCUT2D eigenvalue weighted by Gasteiger charge is -2.28. The first-order valence-electron chi connectivity index (χ1n) is 5.74. The number of anilines is 1. The van der Waals surface area contributed by atoms with Crippen molar-refractivity contribution in [2.45, 2.75) is 33.2 Å². The van der Waals surface area contributed by atoms with Gasteiger partial charge in [-0.25, -0.2) is 9.97 Å². The molecule has 0 aliphatic carbocycles. The molecule has 1 aromatic heterocycles. The van der Waals surface area contributed by atoms with E-state index in [1.165, 1.54) is 6.33 Å². The topological polar surface area (TPSA) is 38.3 Å². The van der Waals surface area contributed by atoms with Gasteiger partial charge in [-0.3, -0.25) is 0 Å². The molecule has 17 heavy (non-hydrogen) atoms. The molecule has 0 radical (unpaired) electrons. The zero-order valence-corrected chi connectivity index (χ0v) is 11.8. The predicted octanol–water partition coefficient (Wildman–Crippen LogP) is 3.01. The van der Waals surface area contributed by atoms with Gasteiger partial charge in [0, 0.05) is 13.1 Å². The van der Waals surface area contributed by atoms with E-state index < -0.39 is 0 Å². The van der Waals surface area contributed by atoms with Crippen molar-refractivity contribution in [2.24, 2.45) is 5.92 Å². The van der Waals surface area contributed by atoms with Crippen molar-refractivity contribution in [2.75, 3.05) is 19.1 Å². The van der Waals surface area contributed by atoms with Crippen molar-refractivity contribution in [3.05, 3.63) is 11.5 Å². The van der Waals surface area contributed by atoms with Crippen LogP contribution in [0.4, 0.5) is 5.82 Å². The van der Waals surface area contributed by atoms with E-state index in [1.807, 2.05) is 7.05 Å². The Hall–Kier alpha value is -1.03. The molecule has 1 rings (SSSR count). The van der Waals surface area contributed by atoms with Gasteiger partial charge in [-0.05, 0) is 19.3 Å². The molecule has 5 heteroatoms. The van der Waals surface area contributed by atoms with Crippen LogP contribution in [0.5, 0.6) is 5.75 Å². The first kappa shape index (κ1) is 14.0. The molecule has 96 valence electrons. The van der Waals surface area contributed by atoms with E-state index in [-0.39, 0.29) is 0 Å². The maximum atomic E-state index is 5.98. The van der Waals surface area contributed by atoms with Crippen LogP contribution in [0.2, 0.25) is 5.15 Å². The Morgan fingerprint density at radius 3 is 2.53 bits per heavy atom. The largest absolute Gasteiger partial charge is 0.490 e. The number of hydrogen-bond acceptors (Lipinski definition) is 4. The third-order valence-corrected chi connectivity index (χ3v) is 3.02. The number of aromatic nitrogens is 2. The number of halogens is 1. The third kappa shape index (κ3) is 3.46. The van der Waals surface area contributed by atoms with Crippen LogP contribution >= 0.6 is 11.6 Å². The molecule has 0 aromatic carbocycles. The number of hydrogen-bond donors (Lipinski definition) is 0. The van der Waals surface area contributed by atoms with E-state index in [0.29, 0.717) is 22.9 Å². The monoisotopic (exact) mass is 257 g/mol. The van der Waals surface area contributed by atoms with Crippen LogP contribution in [-0.2, 0) is 0 Å². The Morgan fingerprint density at radius 1 is 1.35 bits per heavy atom. The van der Waals surface area contributed by atoms with Gasteiger partial charge in [0.2, 0.25) is 0 Å². The van der Waals surface area contributed by atoms with Gasteiger partial charge in [-0.2, -0.15) is 0 Å². The highest BCUT2D eigenvalue weighted by Gasteiger charge is 2.19. The quantitative estimate of drug-likeness (QED) is 0.760. The van der Waals surface area contributed by atoms with Crippen molar-refractivity contribution in [1.82, 2.24) is 9.97 Å². The SMILES string of the molecule is COc1c(Cl)ncnc1N(C)C(C)CC(C)C. The van der Waals surface area contributed by atoms with Crippen LogP contribution in [0.1, 0.15) is 27.2 Å². The van der Waals surface area contributed by atoms with Crippen LogP contribution in [0.15, 0.2) is 6.33 Å². The van der Waals surface area contributed by atoms with E-state index in [9.17, 15) is 0 Å². The Morgan fingerprint density at radius 2 is 2.00 bits per heavy atom. The Kier molecular flexibility index (Phi) is 5.00. The summed E-state index contributed by atoms with van der Waals surface area (Å²) < 4.78 is 5.25. The minimum Gasteiger partial charge on any atom is -0.490 e. The molecule has 1 unspecified atom stereocenters. The smallest absolute Gasteiger partial charge is 0.199 e. The lowest BCUT2D eigenvalue weighted by molar-refractivity contribution is 0.407. The molecule has 1 heterocycles. The van der Waals surface area contributed by atoms with Crippen molar-refractivity contribution in [3.8, 4) is 5.75 Å². The standard InChI is InChI=1S/C12H20ClN3O/c1-8(2)6-9(3)16(4)12-10(17-5)11(13)14-7-15-12/h7-9H,6H2,1-5H3. The van der Waals surface area contributed by atoms with Gasteiger partial charge in [0.25, 0.3) is 0 Å². The summed E-state index contributed by atoms with van der Waals surface area (Å²) in [6.45, 7) is 6.57. The fourth-order valence-corrected chi connectivity index (χ4v) is 2.02. The maximum absolute atomic E-state index is 5.98. The fraction of sp³-hybridized carbons (Fsp3) is 0.667. The summed E-state index contributed by atoms with van der Waals surface area (Å²) in [6, 6.07) is 0.370. The molecular weight excluding hydrogens is 238 g/mol. The molecule has 4 nitrogen and oxygen atoms in total. The van der Waals surface area contributed by atoms with Gasteiger partial charge in [-0.1, -0.05) is 25.4 Å². The highest BCUT2D eigenvalue weighted by molar-refractivity contribution is 6.31. The predicted molar refractivity (Wildman–Crippen MR) is 70.9 cm³/mol. The second-order valence-corrected chi connectivity index (χ2v) is 4.97. The number of nitrogens with zero attached hydrogens (tertiary/aromatic N) is 3. The highest BCUT2D eigenvalue weighted by Crippen LogP contribution is 2.32. The Labute approximate surface area is 108 Å². The van der Waals surface area contributed by atoms with Crippen molar-refractivity contribution < 1.29 is 4.74 Å². The third-order valence-electron chi connectivity index (χ3n) is 2.75. The number of methoxy groups -OCH3 is 1. The van der Waals surface area contributed by atoms with Gasteiger partial charge in [0.1, 0.15) is 6.33 Å². The van der Waals surface area contributed by atoms with Gasteiger partial charge in [0.15, 0.2) is 16.7 Å². The molecule has 0 bridgehead atoms. The maximum Gasteiger partial charge on any atom is 0.199 e. The molecule has 0 aliphatic rings. The molecule has 0 saturated carbocycles. The molecule has 0 spiro atoms. The molecule has 1 aromatic rings. The minimum atomic E-state index is 0.348. The Balaban J connectivity index is 2.95. The summed E-state index contributed by atoms with van der Waals surface area (Å²) >= 11 is 5.98. The van der Waals surface area contributed by atoms with E-state index in [4.69, 9.17) is 16.3 Å². The zero-order chi connectivity index (χ0) is 13.0. The Bertz CT molecular complexity index is 371. The molecule has 0 saturated heterocycles. The summed E-state index contributed by atoms with van der Waals surface area (Å²) in [5.74, 6) is 1.91. The normalized spacial score (nSPS) is 12.6. The molecule has 0 amide bonds. The van der Waals surface area contributed by atoms with Crippen LogP contribution in [-0.4, -0.2) is 30.2 Å². The molecular formula is C12H20ClN3O. The molecule has 0 fully saturated rings. The fourth-order valence-electron chi connectivity index (χ4n) is 1.82. The summed E-state index contributed by atoms with van der Waals surface area (Å²) in [6.07, 6.45) is 2.54. The first-order valence-corrected chi connectivity index (χ1v) is 6.12. The second kappa shape index (κ2) is 6.05. The average Bonchev–Trinajstić information content (AvgIpc) is 2.26. The molecule has 0 N–H and O–H groups in total. The van der Waals surface area contributed by atoms with Crippen molar-refractivity contribution in [3.63, 3.8) is 0 Å². The minimum absolute atomic E-state index is 0.348. The van der Waals surface area contributed by atoms with Gasteiger partial charge in [-0.15, -0.1) is 0 Å². The van der Waals surface area contributed by atoms with Gasteiger partial charge >= 0.3 is 0 Å². The number of rotatable bonds is 5. The molecule has 0 aliphatic heterocycles. The second-order valence-electron chi connectivity index (χ2n) is 4.61. The van der Waals surface area contributed by atoms with E-state index >= 15 is 0 Å². The molecule has 1 atom stereocenters. The summed E-state index contributed by atoms with van der Waals surface area (Å²) in [7, 11) is 3.57. The lowest BCUT2D eigenvalue weighted by atomic mass is 10.0. The van der Waals surface area contributed by atoms with Crippen molar-refractivity contribution in [1.29, 1.82) is 0 Å². The van der Waals surface area contributed by atoms with Crippen LogP contribution in [0.3, 0.4) is 0 Å². The number of ether oxygens (including phenoxy) is 1. The van der Waals surface area contributed by atoms with Crippen LogP contribution in [0, 0.1) is 5.92 Å². The van der Waals surface area contributed by atoms with Gasteiger partial charge < -0.3 is 9.64 Å². The van der Waals surface area contributed by atoms with Gasteiger partial charge in [0.05, 0.1) is 7.11 Å². The van der Waals surface area contributed by atoms with Crippen LogP contribution in [0.25, 0.3) is 0 Å². The van der Waals surface area contributed by atoms with E-state index in [1.54, 1.807) is 7.11 Å². The van der Waals surface area contributed by atoms with Crippen LogP contribution < -0.4 is 9.64 Å². The average molecular weight is 258 g/mol. The zero-order valence-electron chi connectivity index (χ0n) is 11.1. The lowest BCUT2D eigenvalue weighted by Crippen LogP contribution is -2.31. The van der Waals surface area contributed by atoms with Crippen molar-refractivity contribution >= 4 is 17.4 Å². The summed E-state index contributed by atoms with van der Waals surface area (Å²) in [5, 5.41) is 0.348. The highest BCUT2D eigenvalue weighted by atomic mass is 35.5.